The first-order valence-electron chi connectivity index (χ1n) is 9.92. The molecule has 3 rings (SSSR count). The zero-order valence-electron chi connectivity index (χ0n) is 17.2. The van der Waals surface area contributed by atoms with Crippen LogP contribution in [-0.2, 0) is 12.8 Å². The van der Waals surface area contributed by atoms with E-state index in [1.807, 2.05) is 19.2 Å². The zero-order chi connectivity index (χ0) is 19.9. The van der Waals surface area contributed by atoms with Gasteiger partial charge in [-0.15, -0.1) is 35.3 Å². The van der Waals surface area contributed by atoms with Crippen LogP contribution >= 0.6 is 35.3 Å². The molecule has 1 aliphatic carbocycles. The monoisotopic (exact) mass is 532 g/mol. The summed E-state index contributed by atoms with van der Waals surface area (Å²) in [6.45, 7) is 5.48. The molecule has 29 heavy (non-hydrogen) atoms. The summed E-state index contributed by atoms with van der Waals surface area (Å²) in [4.78, 5) is 9.99. The minimum atomic E-state index is -0.315. The van der Waals surface area contributed by atoms with E-state index in [2.05, 4.69) is 27.5 Å². The van der Waals surface area contributed by atoms with Crippen molar-refractivity contribution in [2.75, 3.05) is 20.2 Å². The third-order valence-corrected chi connectivity index (χ3v) is 5.99. The Morgan fingerprint density at radius 2 is 2.21 bits per heavy atom. The van der Waals surface area contributed by atoms with Crippen molar-refractivity contribution in [1.29, 1.82) is 0 Å². The van der Waals surface area contributed by atoms with Gasteiger partial charge < -0.3 is 15.4 Å². The zero-order valence-corrected chi connectivity index (χ0v) is 20.4. The lowest BCUT2D eigenvalue weighted by atomic mass is 10.1. The van der Waals surface area contributed by atoms with Crippen LogP contribution in [0.2, 0.25) is 0 Å². The molecule has 0 bridgehead atoms. The lowest BCUT2D eigenvalue weighted by Crippen LogP contribution is -2.39. The standard InChI is InChI=1S/C21H29FN4OS.HI/c1-4-17-12-25-20(28-17)9-10-24-21(23-3)26-14(2)16-7-8-19(18(22)11-16)27-13-15-5-6-15;/h7-8,11-12,14-15H,4-6,9-10,13H2,1-3H3,(H2,23,24,26);1H. The molecule has 1 aromatic carbocycles. The first kappa shape index (κ1) is 23.9. The summed E-state index contributed by atoms with van der Waals surface area (Å²) in [6, 6.07) is 5.08. The second-order valence-electron chi connectivity index (χ2n) is 7.13. The van der Waals surface area contributed by atoms with Crippen LogP contribution in [0.5, 0.6) is 5.75 Å². The number of thiazole rings is 1. The fourth-order valence-corrected chi connectivity index (χ4v) is 3.66. The first-order valence-corrected chi connectivity index (χ1v) is 10.7. The van der Waals surface area contributed by atoms with Crippen molar-refractivity contribution in [3.05, 3.63) is 45.7 Å². The van der Waals surface area contributed by atoms with Crippen molar-refractivity contribution in [1.82, 2.24) is 15.6 Å². The van der Waals surface area contributed by atoms with Crippen LogP contribution in [0.1, 0.15) is 48.2 Å². The van der Waals surface area contributed by atoms with Gasteiger partial charge in [-0.3, -0.25) is 4.99 Å². The van der Waals surface area contributed by atoms with E-state index in [-0.39, 0.29) is 35.8 Å². The number of guanidine groups is 1. The van der Waals surface area contributed by atoms with E-state index in [4.69, 9.17) is 4.74 Å². The second-order valence-corrected chi connectivity index (χ2v) is 8.33. The predicted octanol–water partition coefficient (Wildman–Crippen LogP) is 4.72. The summed E-state index contributed by atoms with van der Waals surface area (Å²) in [5, 5.41) is 7.73. The highest BCUT2D eigenvalue weighted by Gasteiger charge is 2.22. The summed E-state index contributed by atoms with van der Waals surface area (Å²) in [7, 11) is 1.73. The largest absolute Gasteiger partial charge is 0.490 e. The lowest BCUT2D eigenvalue weighted by molar-refractivity contribution is 0.285. The average Bonchev–Trinajstić information content (AvgIpc) is 3.42. The summed E-state index contributed by atoms with van der Waals surface area (Å²) >= 11 is 1.75. The van der Waals surface area contributed by atoms with Crippen molar-refractivity contribution in [3.8, 4) is 5.75 Å². The van der Waals surface area contributed by atoms with E-state index >= 15 is 0 Å². The van der Waals surface area contributed by atoms with Gasteiger partial charge in [0.25, 0.3) is 0 Å². The third-order valence-electron chi connectivity index (χ3n) is 4.79. The molecule has 160 valence electrons. The van der Waals surface area contributed by atoms with Crippen molar-refractivity contribution in [3.63, 3.8) is 0 Å². The Hall–Kier alpha value is -1.42. The molecule has 0 radical (unpaired) electrons. The third kappa shape index (κ3) is 7.40. The lowest BCUT2D eigenvalue weighted by Gasteiger charge is -2.19. The topological polar surface area (TPSA) is 58.5 Å². The van der Waals surface area contributed by atoms with Crippen molar-refractivity contribution in [2.45, 2.75) is 45.6 Å². The van der Waals surface area contributed by atoms with Crippen LogP contribution < -0.4 is 15.4 Å². The molecule has 8 heteroatoms. The van der Waals surface area contributed by atoms with Gasteiger partial charge in [0, 0.05) is 31.1 Å². The van der Waals surface area contributed by atoms with E-state index in [1.54, 1.807) is 24.5 Å². The number of rotatable bonds is 9. The Morgan fingerprint density at radius 3 is 2.83 bits per heavy atom. The Kier molecular flexibility index (Phi) is 9.61. The van der Waals surface area contributed by atoms with Gasteiger partial charge >= 0.3 is 0 Å². The molecule has 1 saturated carbocycles. The van der Waals surface area contributed by atoms with Crippen LogP contribution in [0.25, 0.3) is 0 Å². The maximum atomic E-state index is 14.3. The molecule has 1 fully saturated rings. The summed E-state index contributed by atoms with van der Waals surface area (Å²) < 4.78 is 19.9. The molecular weight excluding hydrogens is 502 g/mol. The van der Waals surface area contributed by atoms with E-state index in [9.17, 15) is 4.39 Å². The fourth-order valence-electron chi connectivity index (χ4n) is 2.79. The Morgan fingerprint density at radius 1 is 1.41 bits per heavy atom. The number of nitrogens with one attached hydrogen (secondary N) is 2. The molecule has 2 aromatic rings. The molecular formula is C21H30FIN4OS. The highest BCUT2D eigenvalue weighted by molar-refractivity contribution is 14.0. The molecule has 2 N–H and O–H groups in total. The quantitative estimate of drug-likeness (QED) is 0.279. The molecule has 1 atom stereocenters. The van der Waals surface area contributed by atoms with Gasteiger partial charge in [-0.05, 0) is 49.8 Å². The van der Waals surface area contributed by atoms with Crippen LogP contribution in [0, 0.1) is 11.7 Å². The van der Waals surface area contributed by atoms with Crippen LogP contribution in [0.4, 0.5) is 4.39 Å². The van der Waals surface area contributed by atoms with Gasteiger partial charge in [-0.2, -0.15) is 0 Å². The van der Waals surface area contributed by atoms with E-state index in [0.717, 1.165) is 30.0 Å². The number of ether oxygens (including phenoxy) is 1. The average molecular weight is 532 g/mol. The summed E-state index contributed by atoms with van der Waals surface area (Å²) in [6.07, 6.45) is 6.19. The van der Waals surface area contributed by atoms with Gasteiger partial charge in [0.15, 0.2) is 17.5 Å². The van der Waals surface area contributed by atoms with E-state index in [1.165, 1.54) is 23.8 Å². The highest BCUT2D eigenvalue weighted by atomic mass is 127. The number of hydrogen-bond donors (Lipinski definition) is 2. The SMILES string of the molecule is CCc1cnc(CCNC(=NC)NC(C)c2ccc(OCC3CC3)c(F)c2)s1.I. The summed E-state index contributed by atoms with van der Waals surface area (Å²) in [5.41, 5.74) is 0.853. The van der Waals surface area contributed by atoms with Crippen molar-refractivity contribution in [2.24, 2.45) is 10.9 Å². The molecule has 5 nitrogen and oxygen atoms in total. The molecule has 0 amide bonds. The number of aryl methyl sites for hydroxylation is 1. The predicted molar refractivity (Wildman–Crippen MR) is 128 cm³/mol. The van der Waals surface area contributed by atoms with Crippen molar-refractivity contribution < 1.29 is 9.13 Å². The highest BCUT2D eigenvalue weighted by Crippen LogP contribution is 2.30. The fraction of sp³-hybridized carbons (Fsp3) is 0.524. The number of aromatic nitrogens is 1. The molecule has 1 aromatic heterocycles. The molecule has 1 unspecified atom stereocenters. The maximum absolute atomic E-state index is 14.3. The first-order chi connectivity index (χ1) is 13.6. The Balaban J connectivity index is 0.00000300. The maximum Gasteiger partial charge on any atom is 0.191 e. The van der Waals surface area contributed by atoms with Crippen LogP contribution in [-0.4, -0.2) is 31.1 Å². The molecule has 1 heterocycles. The molecule has 1 aliphatic rings. The number of benzene rings is 1. The van der Waals surface area contributed by atoms with Gasteiger partial charge in [-0.1, -0.05) is 13.0 Å². The molecule has 0 aliphatic heterocycles. The van der Waals surface area contributed by atoms with E-state index < -0.39 is 0 Å². The second kappa shape index (κ2) is 11.7. The Labute approximate surface area is 193 Å². The minimum Gasteiger partial charge on any atom is -0.490 e. The molecule has 0 saturated heterocycles. The van der Waals surface area contributed by atoms with Crippen LogP contribution in [0.3, 0.4) is 0 Å². The van der Waals surface area contributed by atoms with Gasteiger partial charge in [0.1, 0.15) is 0 Å². The number of hydrogen-bond acceptors (Lipinski definition) is 4. The minimum absolute atomic E-state index is 0. The smallest absolute Gasteiger partial charge is 0.191 e. The van der Waals surface area contributed by atoms with Gasteiger partial charge in [-0.25, -0.2) is 9.37 Å². The van der Waals surface area contributed by atoms with E-state index in [0.29, 0.717) is 24.2 Å². The molecule has 0 spiro atoms. The number of halogens is 2. The Bertz CT molecular complexity index is 810. The summed E-state index contributed by atoms with van der Waals surface area (Å²) in [5.74, 6) is 1.31. The van der Waals surface area contributed by atoms with Crippen molar-refractivity contribution >= 4 is 41.3 Å². The number of nitrogens with zero attached hydrogens (tertiary/aromatic N) is 2. The van der Waals surface area contributed by atoms with Gasteiger partial charge in [0.2, 0.25) is 0 Å². The number of aliphatic imine (C=N–C) groups is 1. The van der Waals surface area contributed by atoms with Gasteiger partial charge in [0.05, 0.1) is 17.7 Å². The normalized spacial score (nSPS) is 14.8. The van der Waals surface area contributed by atoms with Crippen LogP contribution in [0.15, 0.2) is 29.4 Å².